The summed E-state index contributed by atoms with van der Waals surface area (Å²) in [6.07, 6.45) is 0. The van der Waals surface area contributed by atoms with E-state index in [-0.39, 0.29) is 0 Å². The Hall–Kier alpha value is 0.380. The molecule has 0 radical (unpaired) electrons. The van der Waals surface area contributed by atoms with Crippen LogP contribution in [0.5, 0.6) is 0 Å². The van der Waals surface area contributed by atoms with Crippen LogP contribution >= 0.6 is 46.4 Å². The molecule has 0 amide bonds. The second kappa shape index (κ2) is 3.63. The zero-order chi connectivity index (χ0) is 9.46. The summed E-state index contributed by atoms with van der Waals surface area (Å²) in [5, 5.41) is 0.677. The predicted molar refractivity (Wildman–Crippen MR) is 56.1 cm³/mol. The fraction of sp³-hybridized carbons (Fsp3) is 0.250. The molecule has 12 heavy (non-hydrogen) atoms. The lowest BCUT2D eigenvalue weighted by Crippen LogP contribution is -1.99. The van der Waals surface area contributed by atoms with E-state index < -0.39 is 5.38 Å². The van der Waals surface area contributed by atoms with Crippen molar-refractivity contribution in [2.24, 2.45) is 0 Å². The highest BCUT2D eigenvalue weighted by molar-refractivity contribution is 6.52. The molecule has 0 aromatic rings. The fourth-order valence-corrected chi connectivity index (χ4v) is 2.33. The van der Waals surface area contributed by atoms with E-state index >= 15 is 0 Å². The maximum absolute atomic E-state index is 5.94. The summed E-state index contributed by atoms with van der Waals surface area (Å²) in [5.41, 5.74) is 1.50. The van der Waals surface area contributed by atoms with E-state index in [1.807, 2.05) is 6.92 Å². The number of hydrogen-bond donors (Lipinski definition) is 0. The van der Waals surface area contributed by atoms with E-state index in [1.165, 1.54) is 0 Å². The van der Waals surface area contributed by atoms with Crippen LogP contribution in [-0.4, -0.2) is 5.38 Å². The van der Waals surface area contributed by atoms with Gasteiger partial charge in [0.25, 0.3) is 0 Å². The highest BCUT2D eigenvalue weighted by Crippen LogP contribution is 2.44. The molecule has 0 heterocycles. The Bertz CT molecular complexity index is 298. The molecule has 0 saturated heterocycles. The maximum Gasteiger partial charge on any atom is 0.0974 e. The molecule has 0 spiro atoms. The Balaban J connectivity index is 3.17. The van der Waals surface area contributed by atoms with E-state index in [9.17, 15) is 0 Å². The first-order chi connectivity index (χ1) is 5.46. The summed E-state index contributed by atoms with van der Waals surface area (Å²) in [5.74, 6) is 0. The van der Waals surface area contributed by atoms with Crippen molar-refractivity contribution in [3.8, 4) is 0 Å². The minimum atomic E-state index is -0.441. The molecule has 1 unspecified atom stereocenters. The van der Waals surface area contributed by atoms with Gasteiger partial charge in [0.05, 0.1) is 20.5 Å². The molecule has 1 aliphatic carbocycles. The lowest BCUT2D eigenvalue weighted by atomic mass is 10.1. The number of alkyl halides is 1. The van der Waals surface area contributed by atoms with Gasteiger partial charge in [-0.25, -0.2) is 0 Å². The van der Waals surface area contributed by atoms with Gasteiger partial charge in [-0.15, -0.1) is 11.6 Å². The molecule has 0 N–H and O–H groups in total. The molecule has 0 nitrogen and oxygen atoms in total. The Morgan fingerprint density at radius 3 is 1.92 bits per heavy atom. The zero-order valence-corrected chi connectivity index (χ0v) is 9.32. The van der Waals surface area contributed by atoms with Crippen molar-refractivity contribution in [3.63, 3.8) is 0 Å². The monoisotopic (exact) mass is 242 g/mol. The molecule has 1 rings (SSSR count). The normalized spacial score (nSPS) is 23.9. The summed E-state index contributed by atoms with van der Waals surface area (Å²) in [6, 6.07) is 0. The van der Waals surface area contributed by atoms with E-state index in [2.05, 4.69) is 6.58 Å². The molecule has 66 valence electrons. The second-order valence-corrected chi connectivity index (χ2v) is 4.13. The van der Waals surface area contributed by atoms with Crippen molar-refractivity contribution in [1.82, 2.24) is 0 Å². The molecule has 0 aromatic heterocycles. The Kier molecular flexibility index (Phi) is 3.16. The number of hydrogen-bond acceptors (Lipinski definition) is 0. The Labute approximate surface area is 91.4 Å². The molecule has 1 aliphatic rings. The first-order valence-electron chi connectivity index (χ1n) is 3.22. The van der Waals surface area contributed by atoms with Gasteiger partial charge in [0.1, 0.15) is 0 Å². The summed E-state index contributed by atoms with van der Waals surface area (Å²) in [4.78, 5) is 0. The van der Waals surface area contributed by atoms with Gasteiger partial charge in [-0.1, -0.05) is 47.0 Å². The van der Waals surface area contributed by atoms with Crippen LogP contribution in [0.1, 0.15) is 6.92 Å². The van der Waals surface area contributed by atoms with Crippen molar-refractivity contribution in [2.45, 2.75) is 12.3 Å². The molecule has 0 bridgehead atoms. The van der Waals surface area contributed by atoms with E-state index in [0.717, 1.165) is 5.57 Å². The third-order valence-corrected chi connectivity index (χ3v) is 3.51. The van der Waals surface area contributed by atoms with Crippen LogP contribution in [0.4, 0.5) is 0 Å². The van der Waals surface area contributed by atoms with Crippen molar-refractivity contribution in [2.75, 3.05) is 0 Å². The standard InChI is InChI=1S/C8H6Cl4/c1-3(2)4-5(9)7(11)8(12)6(4)10/h5H,1H2,2H3. The van der Waals surface area contributed by atoms with Gasteiger partial charge >= 0.3 is 0 Å². The third kappa shape index (κ3) is 1.54. The molecule has 0 fully saturated rings. The summed E-state index contributed by atoms with van der Waals surface area (Å²) < 4.78 is 0. The SMILES string of the molecule is C=C(C)C1=C(Cl)C(Cl)=C(Cl)C1Cl. The quantitative estimate of drug-likeness (QED) is 0.601. The smallest absolute Gasteiger partial charge is 0.0974 e. The molecule has 4 heteroatoms. The predicted octanol–water partition coefficient (Wildman–Crippen LogP) is 4.37. The lowest BCUT2D eigenvalue weighted by Gasteiger charge is -2.06. The summed E-state index contributed by atoms with van der Waals surface area (Å²) in [6.45, 7) is 5.55. The molecule has 1 atom stereocenters. The first kappa shape index (κ1) is 10.5. The van der Waals surface area contributed by atoms with Crippen LogP contribution in [0.25, 0.3) is 0 Å². The molecular weight excluding hydrogens is 238 g/mol. The topological polar surface area (TPSA) is 0 Å². The van der Waals surface area contributed by atoms with Crippen molar-refractivity contribution in [3.05, 3.63) is 32.8 Å². The van der Waals surface area contributed by atoms with Gasteiger partial charge < -0.3 is 0 Å². The van der Waals surface area contributed by atoms with E-state index in [1.54, 1.807) is 0 Å². The number of rotatable bonds is 1. The van der Waals surface area contributed by atoms with Gasteiger partial charge in [0.2, 0.25) is 0 Å². The third-order valence-electron chi connectivity index (χ3n) is 1.57. The second-order valence-electron chi connectivity index (χ2n) is 2.53. The molecule has 0 aliphatic heterocycles. The van der Waals surface area contributed by atoms with Crippen molar-refractivity contribution in [1.29, 1.82) is 0 Å². The van der Waals surface area contributed by atoms with Crippen LogP contribution in [0.15, 0.2) is 32.8 Å². The molecular formula is C8H6Cl4. The van der Waals surface area contributed by atoms with Gasteiger partial charge in [-0.2, -0.15) is 0 Å². The Morgan fingerprint density at radius 1 is 1.25 bits per heavy atom. The van der Waals surface area contributed by atoms with Crippen LogP contribution in [0, 0.1) is 0 Å². The zero-order valence-electron chi connectivity index (χ0n) is 6.30. The van der Waals surface area contributed by atoms with E-state index in [0.29, 0.717) is 20.7 Å². The van der Waals surface area contributed by atoms with Crippen LogP contribution < -0.4 is 0 Å². The number of allylic oxidation sites excluding steroid dienone is 5. The summed E-state index contributed by atoms with van der Waals surface area (Å²) in [7, 11) is 0. The molecule has 0 aromatic carbocycles. The van der Waals surface area contributed by atoms with Crippen molar-refractivity contribution < 1.29 is 0 Å². The highest BCUT2D eigenvalue weighted by atomic mass is 35.5. The number of halogens is 4. The fourth-order valence-electron chi connectivity index (χ4n) is 0.976. The van der Waals surface area contributed by atoms with E-state index in [4.69, 9.17) is 46.4 Å². The average Bonchev–Trinajstić information content (AvgIpc) is 2.16. The minimum absolute atomic E-state index is 0.330. The Morgan fingerprint density at radius 2 is 1.75 bits per heavy atom. The first-order valence-corrected chi connectivity index (χ1v) is 4.79. The van der Waals surface area contributed by atoms with Crippen LogP contribution in [-0.2, 0) is 0 Å². The van der Waals surface area contributed by atoms with Gasteiger partial charge in [-0.05, 0) is 12.5 Å². The lowest BCUT2D eigenvalue weighted by molar-refractivity contribution is 1.23. The van der Waals surface area contributed by atoms with Gasteiger partial charge in [0, 0.05) is 0 Å². The van der Waals surface area contributed by atoms with Crippen molar-refractivity contribution >= 4 is 46.4 Å². The van der Waals surface area contributed by atoms with Gasteiger partial charge in [-0.3, -0.25) is 0 Å². The molecule has 0 saturated carbocycles. The highest BCUT2D eigenvalue weighted by Gasteiger charge is 2.30. The maximum atomic E-state index is 5.94. The average molecular weight is 244 g/mol. The largest absolute Gasteiger partial charge is 0.111 e. The van der Waals surface area contributed by atoms with Gasteiger partial charge in [0.15, 0.2) is 0 Å². The summed E-state index contributed by atoms with van der Waals surface area (Å²) >= 11 is 23.4. The van der Waals surface area contributed by atoms with Crippen LogP contribution in [0.2, 0.25) is 0 Å². The van der Waals surface area contributed by atoms with Crippen LogP contribution in [0.3, 0.4) is 0 Å². The minimum Gasteiger partial charge on any atom is -0.111 e.